The van der Waals surface area contributed by atoms with Gasteiger partial charge in [0.2, 0.25) is 5.91 Å². The monoisotopic (exact) mass is 399 g/mol. The molecule has 1 N–H and O–H groups in total. The average Bonchev–Trinajstić information content (AvgIpc) is 3.32. The summed E-state index contributed by atoms with van der Waals surface area (Å²) in [7, 11) is 3.68. The minimum Gasteiger partial charge on any atom is -0.355 e. The molecule has 1 aliphatic carbocycles. The Hall–Kier alpha value is -2.31. The van der Waals surface area contributed by atoms with E-state index in [0.29, 0.717) is 19.1 Å². The van der Waals surface area contributed by atoms with Gasteiger partial charge in [0.25, 0.3) is 0 Å². The molecule has 2 saturated heterocycles. The molecule has 1 saturated carbocycles. The van der Waals surface area contributed by atoms with Crippen LogP contribution < -0.4 is 10.2 Å². The average molecular weight is 400 g/mol. The molecule has 4 rings (SSSR count). The summed E-state index contributed by atoms with van der Waals surface area (Å²) in [6.45, 7) is 2.77. The summed E-state index contributed by atoms with van der Waals surface area (Å²) in [5, 5.41) is 3.23. The summed E-state index contributed by atoms with van der Waals surface area (Å²) in [6.07, 6.45) is 8.03. The van der Waals surface area contributed by atoms with Crippen molar-refractivity contribution < 1.29 is 9.59 Å². The van der Waals surface area contributed by atoms with Gasteiger partial charge >= 0.3 is 6.03 Å². The fourth-order valence-electron chi connectivity index (χ4n) is 5.46. The van der Waals surface area contributed by atoms with Crippen LogP contribution in [0.25, 0.3) is 0 Å². The summed E-state index contributed by atoms with van der Waals surface area (Å²) >= 11 is 0. The number of nitrogens with one attached hydrogen (secondary N) is 1. The highest BCUT2D eigenvalue weighted by Crippen LogP contribution is 2.45. The first-order valence-electron chi connectivity index (χ1n) is 10.9. The molecule has 0 spiro atoms. The van der Waals surface area contributed by atoms with Crippen LogP contribution in [0.15, 0.2) is 24.4 Å². The van der Waals surface area contributed by atoms with Gasteiger partial charge in [-0.15, -0.1) is 0 Å². The molecule has 29 heavy (non-hydrogen) atoms. The van der Waals surface area contributed by atoms with E-state index in [-0.39, 0.29) is 17.9 Å². The molecule has 2 atom stereocenters. The number of fused-ring (bicyclic) bond motifs is 1. The molecule has 7 nitrogen and oxygen atoms in total. The molecule has 158 valence electrons. The van der Waals surface area contributed by atoms with Crippen LogP contribution in [0.1, 0.15) is 38.5 Å². The first kappa shape index (κ1) is 20.0. The fraction of sp³-hybridized carbons (Fsp3) is 0.682. The van der Waals surface area contributed by atoms with Crippen LogP contribution >= 0.6 is 0 Å². The van der Waals surface area contributed by atoms with Crippen molar-refractivity contribution in [2.45, 2.75) is 44.6 Å². The Morgan fingerprint density at radius 1 is 1.17 bits per heavy atom. The maximum Gasteiger partial charge on any atom is 0.317 e. The lowest BCUT2D eigenvalue weighted by Crippen LogP contribution is -2.49. The lowest BCUT2D eigenvalue weighted by molar-refractivity contribution is -0.141. The van der Waals surface area contributed by atoms with E-state index in [1.165, 1.54) is 12.8 Å². The highest BCUT2D eigenvalue weighted by atomic mass is 16.2. The van der Waals surface area contributed by atoms with Crippen molar-refractivity contribution in [1.29, 1.82) is 0 Å². The third-order valence-electron chi connectivity index (χ3n) is 6.96. The molecule has 7 heteroatoms. The minimum absolute atomic E-state index is 0.0429. The van der Waals surface area contributed by atoms with Gasteiger partial charge in [-0.1, -0.05) is 18.9 Å². The predicted octanol–water partition coefficient (Wildman–Crippen LogP) is 2.34. The van der Waals surface area contributed by atoms with Gasteiger partial charge in [0.05, 0.1) is 5.41 Å². The standard InChI is InChI=1S/C22H33N5O2/c1-25(2)20(28)22-11-7-13-26(21(29)24-18-8-3-4-9-18)14-17(22)15-27(16-22)19-10-5-6-12-23-19/h5-6,10,12,17-18H,3-4,7-9,11,13-16H2,1-2H3,(H,24,29)/t17-,22-/m1/s1. The molecule has 3 heterocycles. The second kappa shape index (κ2) is 8.20. The van der Waals surface area contributed by atoms with Gasteiger partial charge in [0, 0.05) is 58.4 Å². The number of hydrogen-bond acceptors (Lipinski definition) is 4. The molecule has 3 amide bonds. The van der Waals surface area contributed by atoms with E-state index in [4.69, 9.17) is 0 Å². The van der Waals surface area contributed by atoms with Crippen molar-refractivity contribution in [3.63, 3.8) is 0 Å². The van der Waals surface area contributed by atoms with Gasteiger partial charge in [-0.25, -0.2) is 9.78 Å². The van der Waals surface area contributed by atoms with Gasteiger partial charge in [0.15, 0.2) is 0 Å². The van der Waals surface area contributed by atoms with E-state index < -0.39 is 5.41 Å². The van der Waals surface area contributed by atoms with Crippen molar-refractivity contribution in [3.8, 4) is 0 Å². The Morgan fingerprint density at radius 2 is 1.97 bits per heavy atom. The normalized spacial score (nSPS) is 27.4. The van der Waals surface area contributed by atoms with E-state index in [1.54, 1.807) is 11.1 Å². The van der Waals surface area contributed by atoms with E-state index in [1.807, 2.05) is 37.2 Å². The van der Waals surface area contributed by atoms with Crippen LogP contribution in [-0.2, 0) is 4.79 Å². The van der Waals surface area contributed by atoms with Crippen LogP contribution in [0.2, 0.25) is 0 Å². The zero-order chi connectivity index (χ0) is 20.4. The molecular weight excluding hydrogens is 366 g/mol. The molecule has 3 fully saturated rings. The van der Waals surface area contributed by atoms with Gasteiger partial charge in [-0.2, -0.15) is 0 Å². The molecule has 0 unspecified atom stereocenters. The number of rotatable bonds is 3. The summed E-state index contributed by atoms with van der Waals surface area (Å²) < 4.78 is 0. The Labute approximate surface area is 173 Å². The third-order valence-corrected chi connectivity index (χ3v) is 6.96. The molecule has 0 aromatic carbocycles. The fourth-order valence-corrected chi connectivity index (χ4v) is 5.46. The maximum atomic E-state index is 13.3. The third kappa shape index (κ3) is 3.91. The van der Waals surface area contributed by atoms with Crippen molar-refractivity contribution in [2.24, 2.45) is 11.3 Å². The number of carbonyl (C=O) groups is 2. The molecule has 2 aliphatic heterocycles. The number of aromatic nitrogens is 1. The summed E-state index contributed by atoms with van der Waals surface area (Å²) in [6, 6.07) is 6.25. The molecular formula is C22H33N5O2. The van der Waals surface area contributed by atoms with Gasteiger partial charge in [0.1, 0.15) is 5.82 Å². The van der Waals surface area contributed by atoms with E-state index in [0.717, 1.165) is 44.6 Å². The first-order chi connectivity index (χ1) is 14.0. The van der Waals surface area contributed by atoms with Crippen molar-refractivity contribution in [1.82, 2.24) is 20.1 Å². The summed E-state index contributed by atoms with van der Waals surface area (Å²) in [4.78, 5) is 36.7. The van der Waals surface area contributed by atoms with Gasteiger partial charge in [-0.05, 0) is 37.8 Å². The molecule has 3 aliphatic rings. The molecule has 0 bridgehead atoms. The number of carbonyl (C=O) groups excluding carboxylic acids is 2. The highest BCUT2D eigenvalue weighted by Gasteiger charge is 2.54. The van der Waals surface area contributed by atoms with E-state index >= 15 is 0 Å². The Kier molecular flexibility index (Phi) is 5.65. The largest absolute Gasteiger partial charge is 0.355 e. The zero-order valence-electron chi connectivity index (χ0n) is 17.6. The van der Waals surface area contributed by atoms with Crippen molar-refractivity contribution in [2.75, 3.05) is 45.2 Å². The quantitative estimate of drug-likeness (QED) is 0.847. The van der Waals surface area contributed by atoms with Crippen LogP contribution in [0.3, 0.4) is 0 Å². The van der Waals surface area contributed by atoms with E-state index in [2.05, 4.69) is 15.2 Å². The number of urea groups is 1. The van der Waals surface area contributed by atoms with Crippen LogP contribution in [0, 0.1) is 11.3 Å². The van der Waals surface area contributed by atoms with Crippen molar-refractivity contribution in [3.05, 3.63) is 24.4 Å². The first-order valence-corrected chi connectivity index (χ1v) is 10.9. The number of amides is 3. The summed E-state index contributed by atoms with van der Waals surface area (Å²) in [5.41, 5.74) is -0.455. The van der Waals surface area contributed by atoms with Crippen LogP contribution in [0.5, 0.6) is 0 Å². The molecule has 0 radical (unpaired) electrons. The number of pyridine rings is 1. The minimum atomic E-state index is -0.455. The van der Waals surface area contributed by atoms with Crippen LogP contribution in [-0.4, -0.2) is 73.0 Å². The molecule has 1 aromatic heterocycles. The Balaban J connectivity index is 1.55. The predicted molar refractivity (Wildman–Crippen MR) is 113 cm³/mol. The smallest absolute Gasteiger partial charge is 0.317 e. The Morgan fingerprint density at radius 3 is 2.66 bits per heavy atom. The lowest BCUT2D eigenvalue weighted by Gasteiger charge is -2.34. The topological polar surface area (TPSA) is 68.8 Å². The molecule has 1 aromatic rings. The SMILES string of the molecule is CN(C)C(=O)[C@@]12CCCN(C(=O)NC3CCCC3)C[C@@H]1CN(c1ccccn1)C2. The van der Waals surface area contributed by atoms with E-state index in [9.17, 15) is 9.59 Å². The second-order valence-electron chi connectivity index (χ2n) is 9.10. The highest BCUT2D eigenvalue weighted by molar-refractivity contribution is 5.85. The maximum absolute atomic E-state index is 13.3. The zero-order valence-corrected chi connectivity index (χ0v) is 17.6. The second-order valence-corrected chi connectivity index (χ2v) is 9.10. The Bertz CT molecular complexity index is 734. The van der Waals surface area contributed by atoms with Crippen molar-refractivity contribution >= 4 is 17.8 Å². The number of hydrogen-bond donors (Lipinski definition) is 1. The van der Waals surface area contributed by atoms with Crippen LogP contribution in [0.4, 0.5) is 10.6 Å². The van der Waals surface area contributed by atoms with Gasteiger partial charge < -0.3 is 20.0 Å². The number of nitrogens with zero attached hydrogens (tertiary/aromatic N) is 4. The summed E-state index contributed by atoms with van der Waals surface area (Å²) in [5.74, 6) is 1.20. The lowest BCUT2D eigenvalue weighted by atomic mass is 9.74. The number of anilines is 1. The van der Waals surface area contributed by atoms with Gasteiger partial charge in [-0.3, -0.25) is 4.79 Å². The number of likely N-dealkylation sites (tertiary alicyclic amines) is 1.